The van der Waals surface area contributed by atoms with Crippen molar-refractivity contribution in [2.75, 3.05) is 12.4 Å². The standard InChI is InChI=1S/C13H15N7/c1-7-5-8(2)17-13(16-7)20-12-10(6-15-20)11(14-4)18-9(3)19-12/h5-6H,1-4H3,(H,14,18,19). The van der Waals surface area contributed by atoms with Crippen LogP contribution in [0.15, 0.2) is 12.3 Å². The van der Waals surface area contributed by atoms with Gasteiger partial charge < -0.3 is 5.32 Å². The van der Waals surface area contributed by atoms with Gasteiger partial charge in [-0.25, -0.2) is 19.9 Å². The highest BCUT2D eigenvalue weighted by Crippen LogP contribution is 2.21. The summed E-state index contributed by atoms with van der Waals surface area (Å²) < 4.78 is 1.64. The molecule has 0 aliphatic heterocycles. The van der Waals surface area contributed by atoms with Gasteiger partial charge >= 0.3 is 0 Å². The molecule has 0 aliphatic carbocycles. The lowest BCUT2D eigenvalue weighted by molar-refractivity contribution is 0.805. The Bertz CT molecular complexity index is 771. The van der Waals surface area contributed by atoms with Crippen molar-refractivity contribution in [1.82, 2.24) is 29.7 Å². The maximum atomic E-state index is 4.45. The minimum Gasteiger partial charge on any atom is -0.372 e. The van der Waals surface area contributed by atoms with Crippen LogP contribution in [0.4, 0.5) is 5.82 Å². The summed E-state index contributed by atoms with van der Waals surface area (Å²) in [5.74, 6) is 1.95. The average molecular weight is 269 g/mol. The van der Waals surface area contributed by atoms with Gasteiger partial charge in [0, 0.05) is 18.4 Å². The van der Waals surface area contributed by atoms with Gasteiger partial charge in [0.05, 0.1) is 11.6 Å². The summed E-state index contributed by atoms with van der Waals surface area (Å²) >= 11 is 0. The molecule has 0 spiro atoms. The fraction of sp³-hybridized carbons (Fsp3) is 0.308. The predicted octanol–water partition coefficient (Wildman–Crippen LogP) is 1.57. The molecule has 3 aromatic heterocycles. The average Bonchev–Trinajstić information content (AvgIpc) is 2.80. The summed E-state index contributed by atoms with van der Waals surface area (Å²) in [6, 6.07) is 1.93. The van der Waals surface area contributed by atoms with E-state index in [9.17, 15) is 0 Å². The van der Waals surface area contributed by atoms with E-state index in [4.69, 9.17) is 0 Å². The normalized spacial score (nSPS) is 11.0. The lowest BCUT2D eigenvalue weighted by atomic mass is 10.3. The Kier molecular flexibility index (Phi) is 2.81. The SMILES string of the molecule is CNc1nc(C)nc2c1cnn2-c1nc(C)cc(C)n1. The zero-order chi connectivity index (χ0) is 14.3. The van der Waals surface area contributed by atoms with Gasteiger partial charge in [-0.15, -0.1) is 0 Å². The minimum absolute atomic E-state index is 0.526. The molecule has 1 N–H and O–H groups in total. The van der Waals surface area contributed by atoms with E-state index in [1.807, 2.05) is 33.9 Å². The molecule has 20 heavy (non-hydrogen) atoms. The van der Waals surface area contributed by atoms with E-state index >= 15 is 0 Å². The van der Waals surface area contributed by atoms with E-state index < -0.39 is 0 Å². The summed E-state index contributed by atoms with van der Waals surface area (Å²) in [4.78, 5) is 17.6. The molecule has 102 valence electrons. The number of anilines is 1. The van der Waals surface area contributed by atoms with Crippen LogP contribution in [0, 0.1) is 20.8 Å². The van der Waals surface area contributed by atoms with Crippen molar-refractivity contribution in [3.05, 3.63) is 29.5 Å². The molecule has 0 saturated carbocycles. The van der Waals surface area contributed by atoms with Crippen LogP contribution in [-0.4, -0.2) is 36.8 Å². The van der Waals surface area contributed by atoms with Crippen molar-refractivity contribution in [3.8, 4) is 5.95 Å². The molecule has 3 heterocycles. The lowest BCUT2D eigenvalue weighted by Gasteiger charge is -2.05. The topological polar surface area (TPSA) is 81.4 Å². The second-order valence-corrected chi connectivity index (χ2v) is 4.61. The highest BCUT2D eigenvalue weighted by atomic mass is 15.4. The minimum atomic E-state index is 0.526. The third-order valence-electron chi connectivity index (χ3n) is 2.94. The van der Waals surface area contributed by atoms with Gasteiger partial charge in [0.25, 0.3) is 5.95 Å². The van der Waals surface area contributed by atoms with Crippen LogP contribution >= 0.6 is 0 Å². The summed E-state index contributed by atoms with van der Waals surface area (Å²) in [6.45, 7) is 5.71. The van der Waals surface area contributed by atoms with Crippen molar-refractivity contribution in [2.45, 2.75) is 20.8 Å². The maximum Gasteiger partial charge on any atom is 0.252 e. The van der Waals surface area contributed by atoms with E-state index in [2.05, 4.69) is 30.4 Å². The van der Waals surface area contributed by atoms with Crippen molar-refractivity contribution in [3.63, 3.8) is 0 Å². The quantitative estimate of drug-likeness (QED) is 0.760. The number of hydrogen-bond donors (Lipinski definition) is 1. The first-order chi connectivity index (χ1) is 9.58. The molecule has 0 aromatic carbocycles. The summed E-state index contributed by atoms with van der Waals surface area (Å²) in [7, 11) is 1.83. The molecule has 0 bridgehead atoms. The summed E-state index contributed by atoms with van der Waals surface area (Å²) in [6.07, 6.45) is 1.72. The van der Waals surface area contributed by atoms with Crippen LogP contribution in [0.25, 0.3) is 17.0 Å². The molecular weight excluding hydrogens is 254 g/mol. The number of fused-ring (bicyclic) bond motifs is 1. The van der Waals surface area contributed by atoms with Crippen LogP contribution in [-0.2, 0) is 0 Å². The molecule has 0 fully saturated rings. The number of aromatic nitrogens is 6. The zero-order valence-electron chi connectivity index (χ0n) is 11.8. The number of rotatable bonds is 2. The predicted molar refractivity (Wildman–Crippen MR) is 76.0 cm³/mol. The molecule has 7 heteroatoms. The van der Waals surface area contributed by atoms with E-state index in [1.54, 1.807) is 10.9 Å². The van der Waals surface area contributed by atoms with Crippen LogP contribution in [0.1, 0.15) is 17.2 Å². The molecule has 7 nitrogen and oxygen atoms in total. The fourth-order valence-electron chi connectivity index (χ4n) is 2.16. The Morgan fingerprint density at radius 2 is 1.70 bits per heavy atom. The molecule has 0 unspecified atom stereocenters. The largest absolute Gasteiger partial charge is 0.372 e. The summed E-state index contributed by atoms with van der Waals surface area (Å²) in [5.41, 5.74) is 2.50. The Morgan fingerprint density at radius 1 is 1.00 bits per heavy atom. The Morgan fingerprint density at radius 3 is 2.35 bits per heavy atom. The van der Waals surface area contributed by atoms with Gasteiger partial charge in [0.2, 0.25) is 0 Å². The van der Waals surface area contributed by atoms with Gasteiger partial charge in [-0.3, -0.25) is 0 Å². The molecule has 3 rings (SSSR count). The zero-order valence-corrected chi connectivity index (χ0v) is 11.8. The van der Waals surface area contributed by atoms with Crippen molar-refractivity contribution < 1.29 is 0 Å². The van der Waals surface area contributed by atoms with Crippen LogP contribution in [0.5, 0.6) is 0 Å². The van der Waals surface area contributed by atoms with E-state index in [1.165, 1.54) is 0 Å². The van der Waals surface area contributed by atoms with Crippen LogP contribution in [0.3, 0.4) is 0 Å². The van der Waals surface area contributed by atoms with Crippen molar-refractivity contribution in [2.24, 2.45) is 0 Å². The Balaban J connectivity index is 2.29. The highest BCUT2D eigenvalue weighted by Gasteiger charge is 2.13. The van der Waals surface area contributed by atoms with Crippen LogP contribution in [0.2, 0.25) is 0 Å². The fourth-order valence-corrected chi connectivity index (χ4v) is 2.16. The van der Waals surface area contributed by atoms with Gasteiger partial charge in [-0.2, -0.15) is 9.78 Å². The monoisotopic (exact) mass is 269 g/mol. The van der Waals surface area contributed by atoms with E-state index in [0.717, 1.165) is 22.6 Å². The highest BCUT2D eigenvalue weighted by molar-refractivity contribution is 5.87. The maximum absolute atomic E-state index is 4.45. The number of nitrogens with one attached hydrogen (secondary N) is 1. The van der Waals surface area contributed by atoms with E-state index in [-0.39, 0.29) is 0 Å². The molecule has 3 aromatic rings. The van der Waals surface area contributed by atoms with Gasteiger partial charge in [-0.1, -0.05) is 0 Å². The van der Waals surface area contributed by atoms with Gasteiger partial charge in [-0.05, 0) is 26.8 Å². The first kappa shape index (κ1) is 12.5. The second kappa shape index (κ2) is 4.52. The van der Waals surface area contributed by atoms with Gasteiger partial charge in [0.1, 0.15) is 11.6 Å². The molecule has 0 radical (unpaired) electrons. The number of hydrogen-bond acceptors (Lipinski definition) is 6. The molecular formula is C13H15N7. The lowest BCUT2D eigenvalue weighted by Crippen LogP contribution is -2.07. The Labute approximate surface area is 116 Å². The molecule has 0 atom stereocenters. The smallest absolute Gasteiger partial charge is 0.252 e. The van der Waals surface area contributed by atoms with Crippen LogP contribution < -0.4 is 5.32 Å². The summed E-state index contributed by atoms with van der Waals surface area (Å²) in [5, 5.41) is 8.25. The van der Waals surface area contributed by atoms with Gasteiger partial charge in [0.15, 0.2) is 5.65 Å². The third kappa shape index (κ3) is 1.97. The van der Waals surface area contributed by atoms with E-state index in [0.29, 0.717) is 17.4 Å². The first-order valence-corrected chi connectivity index (χ1v) is 6.31. The Hall–Kier alpha value is -2.57. The first-order valence-electron chi connectivity index (χ1n) is 6.31. The second-order valence-electron chi connectivity index (χ2n) is 4.61. The number of aryl methyl sites for hydroxylation is 3. The van der Waals surface area contributed by atoms with Crippen molar-refractivity contribution >= 4 is 16.9 Å². The third-order valence-corrected chi connectivity index (χ3v) is 2.94. The molecule has 0 amide bonds. The molecule has 0 aliphatic rings. The number of nitrogens with zero attached hydrogens (tertiary/aromatic N) is 6. The molecule has 0 saturated heterocycles. The van der Waals surface area contributed by atoms with Crippen molar-refractivity contribution in [1.29, 1.82) is 0 Å².